The Morgan fingerprint density at radius 2 is 1.09 bits per heavy atom. The van der Waals surface area contributed by atoms with Crippen molar-refractivity contribution in [2.45, 2.75) is 12.8 Å². The van der Waals surface area contributed by atoms with Gasteiger partial charge in [0.25, 0.3) is 0 Å². The summed E-state index contributed by atoms with van der Waals surface area (Å²) in [6.45, 7) is 0. The topological polar surface area (TPSA) is 69.1 Å². The summed E-state index contributed by atoms with van der Waals surface area (Å²) in [5.41, 5.74) is 15.0. The molecule has 0 aliphatic carbocycles. The normalized spacial score (nSPS) is 12.2. The second-order valence-corrected chi connectivity index (χ2v) is 5.00. The Balaban J connectivity index is 1.91. The van der Waals surface area contributed by atoms with Crippen LogP contribution in [-0.4, -0.2) is 5.78 Å². The first-order valence-electron chi connectivity index (χ1n) is 7.20. The van der Waals surface area contributed by atoms with Gasteiger partial charge >= 0.3 is 0 Å². The molecule has 2 aromatic carbocycles. The van der Waals surface area contributed by atoms with Crippen LogP contribution in [0.15, 0.2) is 72.8 Å². The summed E-state index contributed by atoms with van der Waals surface area (Å²) in [6.07, 6.45) is 4.12. The Morgan fingerprint density at radius 1 is 0.727 bits per heavy atom. The average Bonchev–Trinajstić information content (AvgIpc) is 2.59. The molecule has 0 aliphatic rings. The molecule has 2 aromatic rings. The lowest BCUT2D eigenvalue weighted by Gasteiger charge is -2.02. The van der Waals surface area contributed by atoms with Gasteiger partial charge in [0.15, 0.2) is 0 Å². The Labute approximate surface area is 131 Å². The van der Waals surface area contributed by atoms with Gasteiger partial charge in [0.1, 0.15) is 5.78 Å². The zero-order chi connectivity index (χ0) is 15.8. The predicted octanol–water partition coefficient (Wildman–Crippen LogP) is 3.34. The number of nitrogens with two attached hydrogens (primary N) is 2. The monoisotopic (exact) mass is 292 g/mol. The van der Waals surface area contributed by atoms with Crippen molar-refractivity contribution >= 4 is 17.2 Å². The second-order valence-electron chi connectivity index (χ2n) is 5.00. The third-order valence-electron chi connectivity index (χ3n) is 3.31. The van der Waals surface area contributed by atoms with Gasteiger partial charge in [-0.2, -0.15) is 0 Å². The maximum absolute atomic E-state index is 11.9. The molecule has 0 atom stereocenters. The fraction of sp³-hybridized carbons (Fsp3) is 0.105. The molecule has 22 heavy (non-hydrogen) atoms. The summed E-state index contributed by atoms with van der Waals surface area (Å²) in [6, 6.07) is 19.2. The molecule has 3 heteroatoms. The van der Waals surface area contributed by atoms with Crippen molar-refractivity contribution in [1.29, 1.82) is 0 Å². The Morgan fingerprint density at radius 3 is 1.45 bits per heavy atom. The van der Waals surface area contributed by atoms with Crippen molar-refractivity contribution in [3.8, 4) is 0 Å². The minimum atomic E-state index is 0.0813. The minimum Gasteiger partial charge on any atom is -0.398 e. The number of carbonyl (C=O) groups is 1. The first-order valence-corrected chi connectivity index (χ1v) is 7.20. The molecule has 0 bridgehead atoms. The van der Waals surface area contributed by atoms with Crippen LogP contribution in [0.2, 0.25) is 0 Å². The van der Waals surface area contributed by atoms with Crippen molar-refractivity contribution in [1.82, 2.24) is 0 Å². The smallest absolute Gasteiger partial charge is 0.140 e. The highest BCUT2D eigenvalue weighted by molar-refractivity contribution is 5.84. The molecule has 0 aliphatic heterocycles. The van der Waals surface area contributed by atoms with Crippen LogP contribution in [0.3, 0.4) is 0 Å². The summed E-state index contributed by atoms with van der Waals surface area (Å²) in [5, 5.41) is 0. The van der Waals surface area contributed by atoms with E-state index >= 15 is 0 Å². The predicted molar refractivity (Wildman–Crippen MR) is 91.5 cm³/mol. The molecule has 0 fully saturated rings. The minimum absolute atomic E-state index is 0.0813. The highest BCUT2D eigenvalue weighted by atomic mass is 16.1. The Bertz CT molecular complexity index is 614. The number of carbonyl (C=O) groups excluding carboxylic acids is 1. The molecule has 0 spiro atoms. The third-order valence-corrected chi connectivity index (χ3v) is 3.31. The van der Waals surface area contributed by atoms with Crippen LogP contribution in [0.1, 0.15) is 24.0 Å². The summed E-state index contributed by atoms with van der Waals surface area (Å²) >= 11 is 0. The molecule has 2 rings (SSSR count). The molecule has 0 unspecified atom stereocenters. The van der Waals surface area contributed by atoms with Crippen LogP contribution < -0.4 is 11.5 Å². The van der Waals surface area contributed by atoms with Crippen LogP contribution in [0.5, 0.6) is 0 Å². The SMILES string of the molecule is NC(=CCC(=O)CC=C(N)c1ccccc1)c1ccccc1. The van der Waals surface area contributed by atoms with Gasteiger partial charge in [0.2, 0.25) is 0 Å². The van der Waals surface area contributed by atoms with Crippen LogP contribution in [0.25, 0.3) is 11.4 Å². The number of Topliss-reactive ketones (excluding diaryl/α,β-unsaturated/α-hetero) is 1. The standard InChI is InChI=1S/C19H20N2O/c20-18(15-7-3-1-4-8-15)13-11-17(22)12-14-19(21)16-9-5-2-6-10-16/h1-10,13-14H,11-12,20-21H2. The van der Waals surface area contributed by atoms with E-state index in [1.54, 1.807) is 12.2 Å². The van der Waals surface area contributed by atoms with E-state index < -0.39 is 0 Å². The van der Waals surface area contributed by atoms with Gasteiger partial charge < -0.3 is 11.5 Å². The van der Waals surface area contributed by atoms with Gasteiger partial charge in [-0.25, -0.2) is 0 Å². The molecule has 0 radical (unpaired) electrons. The number of hydrogen-bond donors (Lipinski definition) is 2. The molecule has 0 heterocycles. The van der Waals surface area contributed by atoms with Crippen LogP contribution >= 0.6 is 0 Å². The van der Waals surface area contributed by atoms with E-state index in [1.807, 2.05) is 60.7 Å². The van der Waals surface area contributed by atoms with Gasteiger partial charge in [0, 0.05) is 24.2 Å². The quantitative estimate of drug-likeness (QED) is 0.858. The number of hydrogen-bond acceptors (Lipinski definition) is 3. The van der Waals surface area contributed by atoms with E-state index in [9.17, 15) is 4.79 Å². The van der Waals surface area contributed by atoms with Crippen molar-refractivity contribution in [3.05, 3.63) is 83.9 Å². The van der Waals surface area contributed by atoms with Crippen molar-refractivity contribution in [3.63, 3.8) is 0 Å². The lowest BCUT2D eigenvalue weighted by atomic mass is 10.1. The molecule has 0 aromatic heterocycles. The molecule has 4 N–H and O–H groups in total. The van der Waals surface area contributed by atoms with Crippen LogP contribution in [0.4, 0.5) is 0 Å². The summed E-state index contributed by atoms with van der Waals surface area (Å²) in [4.78, 5) is 11.9. The molecule has 3 nitrogen and oxygen atoms in total. The third kappa shape index (κ3) is 4.63. The largest absolute Gasteiger partial charge is 0.398 e. The van der Waals surface area contributed by atoms with Gasteiger partial charge in [-0.15, -0.1) is 0 Å². The Kier molecular flexibility index (Phi) is 5.55. The van der Waals surface area contributed by atoms with Gasteiger partial charge in [-0.05, 0) is 11.1 Å². The van der Waals surface area contributed by atoms with E-state index in [2.05, 4.69) is 0 Å². The fourth-order valence-corrected chi connectivity index (χ4v) is 2.03. The molecule has 112 valence electrons. The molecule has 0 amide bonds. The lowest BCUT2D eigenvalue weighted by molar-refractivity contribution is -0.117. The highest BCUT2D eigenvalue weighted by Crippen LogP contribution is 2.11. The molecular weight excluding hydrogens is 272 g/mol. The van der Waals surface area contributed by atoms with E-state index in [0.29, 0.717) is 24.2 Å². The van der Waals surface area contributed by atoms with Gasteiger partial charge in [0.05, 0.1) is 0 Å². The highest BCUT2D eigenvalue weighted by Gasteiger charge is 2.01. The first-order chi connectivity index (χ1) is 10.7. The van der Waals surface area contributed by atoms with E-state index in [-0.39, 0.29) is 5.78 Å². The summed E-state index contributed by atoms with van der Waals surface area (Å²) in [7, 11) is 0. The van der Waals surface area contributed by atoms with E-state index in [1.165, 1.54) is 0 Å². The number of rotatable bonds is 6. The number of ketones is 1. The fourth-order valence-electron chi connectivity index (χ4n) is 2.03. The van der Waals surface area contributed by atoms with Gasteiger partial charge in [-0.1, -0.05) is 72.8 Å². The van der Waals surface area contributed by atoms with Crippen molar-refractivity contribution in [2.24, 2.45) is 11.5 Å². The first kappa shape index (κ1) is 15.6. The zero-order valence-corrected chi connectivity index (χ0v) is 12.4. The van der Waals surface area contributed by atoms with Crippen LogP contribution in [0, 0.1) is 0 Å². The lowest BCUT2D eigenvalue weighted by Crippen LogP contribution is -2.01. The summed E-state index contributed by atoms with van der Waals surface area (Å²) < 4.78 is 0. The van der Waals surface area contributed by atoms with Gasteiger partial charge in [-0.3, -0.25) is 4.79 Å². The zero-order valence-electron chi connectivity index (χ0n) is 12.4. The number of benzene rings is 2. The Hall–Kier alpha value is -2.81. The van der Waals surface area contributed by atoms with Crippen molar-refractivity contribution < 1.29 is 4.79 Å². The maximum atomic E-state index is 11.9. The maximum Gasteiger partial charge on any atom is 0.140 e. The molecule has 0 saturated carbocycles. The van der Waals surface area contributed by atoms with Crippen molar-refractivity contribution in [2.75, 3.05) is 0 Å². The second kappa shape index (κ2) is 7.84. The van der Waals surface area contributed by atoms with E-state index in [0.717, 1.165) is 11.1 Å². The summed E-state index contributed by atoms with van der Waals surface area (Å²) in [5.74, 6) is 0.0813. The van der Waals surface area contributed by atoms with Crippen LogP contribution in [-0.2, 0) is 4.79 Å². The number of allylic oxidation sites excluding steroid dienone is 2. The van der Waals surface area contributed by atoms with E-state index in [4.69, 9.17) is 11.5 Å². The molecular formula is C19H20N2O. The molecule has 0 saturated heterocycles. The average molecular weight is 292 g/mol.